The van der Waals surface area contributed by atoms with Gasteiger partial charge in [0.2, 0.25) is 0 Å². The van der Waals surface area contributed by atoms with Crippen LogP contribution < -0.4 is 0 Å². The van der Waals surface area contributed by atoms with Crippen molar-refractivity contribution in [2.24, 2.45) is 0 Å². The zero-order valence-electron chi connectivity index (χ0n) is 9.99. The molecule has 0 aliphatic rings. The predicted molar refractivity (Wildman–Crippen MR) is 62.7 cm³/mol. The maximum Gasteiger partial charge on any atom is 0.333 e. The minimum atomic E-state index is -0.900. The Bertz CT molecular complexity index is 371. The molecule has 0 amide bonds. The molecule has 0 radical (unpaired) electrons. The van der Waals surface area contributed by atoms with E-state index in [2.05, 4.69) is 0 Å². The van der Waals surface area contributed by atoms with E-state index in [-0.39, 0.29) is 0 Å². The summed E-state index contributed by atoms with van der Waals surface area (Å²) < 4.78 is 5.20. The molecule has 0 aromatic heterocycles. The molecule has 1 aromatic carbocycles. The van der Waals surface area contributed by atoms with Crippen LogP contribution in [0.25, 0.3) is 0 Å². The first-order valence-electron chi connectivity index (χ1n) is 5.45. The summed E-state index contributed by atoms with van der Waals surface area (Å²) in [6, 6.07) is 5.93. The van der Waals surface area contributed by atoms with Crippen LogP contribution in [0.15, 0.2) is 18.2 Å². The molecule has 1 atom stereocenters. The monoisotopic (exact) mass is 222 g/mol. The molecule has 0 spiro atoms. The van der Waals surface area contributed by atoms with Gasteiger partial charge in [-0.05, 0) is 37.5 Å². The van der Waals surface area contributed by atoms with E-state index in [1.807, 2.05) is 32.0 Å². The number of carbonyl (C=O) groups is 1. The lowest BCUT2D eigenvalue weighted by molar-refractivity contribution is -0.149. The van der Waals surface area contributed by atoms with Gasteiger partial charge in [-0.25, -0.2) is 4.79 Å². The summed E-state index contributed by atoms with van der Waals surface area (Å²) >= 11 is 0. The standard InChI is InChI=1S/C13H18O3/c1-4-16-12(13(14)15)8-11-7-5-6-9(2)10(11)3/h5-7,12H,4,8H2,1-3H3,(H,14,15)/t12-/m0/s1. The molecular weight excluding hydrogens is 204 g/mol. The van der Waals surface area contributed by atoms with Gasteiger partial charge >= 0.3 is 5.97 Å². The SMILES string of the molecule is CCO[C@@H](Cc1cccc(C)c1C)C(=O)O. The minimum absolute atomic E-state index is 0.418. The van der Waals surface area contributed by atoms with Crippen LogP contribution >= 0.6 is 0 Å². The van der Waals surface area contributed by atoms with Crippen molar-refractivity contribution in [3.8, 4) is 0 Å². The molecule has 1 rings (SSSR count). The van der Waals surface area contributed by atoms with E-state index >= 15 is 0 Å². The zero-order chi connectivity index (χ0) is 12.1. The third kappa shape index (κ3) is 3.07. The van der Waals surface area contributed by atoms with Gasteiger partial charge in [-0.3, -0.25) is 0 Å². The van der Waals surface area contributed by atoms with Gasteiger partial charge in [0.1, 0.15) is 0 Å². The van der Waals surface area contributed by atoms with Gasteiger partial charge < -0.3 is 9.84 Å². The molecular formula is C13H18O3. The molecule has 0 saturated heterocycles. The number of ether oxygens (including phenoxy) is 1. The smallest absolute Gasteiger partial charge is 0.333 e. The average Bonchev–Trinajstić information content (AvgIpc) is 2.23. The van der Waals surface area contributed by atoms with Crippen molar-refractivity contribution in [3.63, 3.8) is 0 Å². The number of carboxylic acid groups (broad SMARTS) is 1. The van der Waals surface area contributed by atoms with E-state index in [0.29, 0.717) is 13.0 Å². The fourth-order valence-corrected chi connectivity index (χ4v) is 1.65. The van der Waals surface area contributed by atoms with E-state index in [1.165, 1.54) is 5.56 Å². The Balaban J connectivity index is 2.85. The Morgan fingerprint density at radius 1 is 1.44 bits per heavy atom. The molecule has 0 saturated carbocycles. The number of hydrogen-bond donors (Lipinski definition) is 1. The lowest BCUT2D eigenvalue weighted by Gasteiger charge is -2.14. The Morgan fingerprint density at radius 2 is 2.12 bits per heavy atom. The Hall–Kier alpha value is -1.35. The van der Waals surface area contributed by atoms with Crippen LogP contribution in [0.4, 0.5) is 0 Å². The molecule has 0 fully saturated rings. The first-order chi connectivity index (χ1) is 7.56. The van der Waals surface area contributed by atoms with Crippen molar-refractivity contribution >= 4 is 5.97 Å². The van der Waals surface area contributed by atoms with Crippen molar-refractivity contribution in [2.45, 2.75) is 33.3 Å². The summed E-state index contributed by atoms with van der Waals surface area (Å²) in [4.78, 5) is 11.0. The van der Waals surface area contributed by atoms with E-state index in [4.69, 9.17) is 9.84 Å². The second-order valence-electron chi connectivity index (χ2n) is 3.85. The van der Waals surface area contributed by atoms with E-state index in [1.54, 1.807) is 6.92 Å². The summed E-state index contributed by atoms with van der Waals surface area (Å²) in [6.45, 7) is 6.26. The van der Waals surface area contributed by atoms with Gasteiger partial charge in [0.25, 0.3) is 0 Å². The lowest BCUT2D eigenvalue weighted by Crippen LogP contribution is -2.26. The molecule has 16 heavy (non-hydrogen) atoms. The van der Waals surface area contributed by atoms with Crippen LogP contribution in [0.2, 0.25) is 0 Å². The van der Waals surface area contributed by atoms with Crippen LogP contribution in [0.3, 0.4) is 0 Å². The maximum atomic E-state index is 11.0. The molecule has 0 unspecified atom stereocenters. The van der Waals surface area contributed by atoms with Crippen LogP contribution in [0, 0.1) is 13.8 Å². The van der Waals surface area contributed by atoms with Crippen LogP contribution in [0.1, 0.15) is 23.6 Å². The van der Waals surface area contributed by atoms with Crippen molar-refractivity contribution in [3.05, 3.63) is 34.9 Å². The van der Waals surface area contributed by atoms with E-state index in [9.17, 15) is 4.79 Å². The highest BCUT2D eigenvalue weighted by molar-refractivity contribution is 5.72. The number of aliphatic carboxylic acids is 1. The molecule has 3 nitrogen and oxygen atoms in total. The van der Waals surface area contributed by atoms with Crippen molar-refractivity contribution in [1.29, 1.82) is 0 Å². The minimum Gasteiger partial charge on any atom is -0.479 e. The zero-order valence-corrected chi connectivity index (χ0v) is 9.99. The van der Waals surface area contributed by atoms with Crippen LogP contribution in [-0.2, 0) is 16.0 Å². The molecule has 0 bridgehead atoms. The van der Waals surface area contributed by atoms with Gasteiger partial charge in [0.15, 0.2) is 6.10 Å². The summed E-state index contributed by atoms with van der Waals surface area (Å²) in [5, 5.41) is 9.00. The largest absolute Gasteiger partial charge is 0.479 e. The number of benzene rings is 1. The quantitative estimate of drug-likeness (QED) is 0.831. The second-order valence-corrected chi connectivity index (χ2v) is 3.85. The molecule has 0 aliphatic carbocycles. The fourth-order valence-electron chi connectivity index (χ4n) is 1.65. The van der Waals surface area contributed by atoms with Crippen molar-refractivity contribution in [1.82, 2.24) is 0 Å². The second kappa shape index (κ2) is 5.66. The highest BCUT2D eigenvalue weighted by atomic mass is 16.5. The third-order valence-electron chi connectivity index (χ3n) is 2.77. The number of rotatable bonds is 5. The fraction of sp³-hybridized carbons (Fsp3) is 0.462. The average molecular weight is 222 g/mol. The molecule has 0 aliphatic heterocycles. The molecule has 3 heteroatoms. The van der Waals surface area contributed by atoms with E-state index in [0.717, 1.165) is 11.1 Å². The Labute approximate surface area is 96.1 Å². The highest BCUT2D eigenvalue weighted by Crippen LogP contribution is 2.15. The molecule has 1 aromatic rings. The van der Waals surface area contributed by atoms with Gasteiger partial charge in [-0.1, -0.05) is 18.2 Å². The van der Waals surface area contributed by atoms with Crippen LogP contribution in [0.5, 0.6) is 0 Å². The number of aryl methyl sites for hydroxylation is 1. The highest BCUT2D eigenvalue weighted by Gasteiger charge is 2.18. The lowest BCUT2D eigenvalue weighted by atomic mass is 9.99. The molecule has 88 valence electrons. The maximum absolute atomic E-state index is 11.0. The molecule has 0 heterocycles. The predicted octanol–water partition coefficient (Wildman–Crippen LogP) is 2.34. The van der Waals surface area contributed by atoms with Crippen LogP contribution in [-0.4, -0.2) is 23.8 Å². The van der Waals surface area contributed by atoms with E-state index < -0.39 is 12.1 Å². The topological polar surface area (TPSA) is 46.5 Å². The first-order valence-corrected chi connectivity index (χ1v) is 5.45. The Morgan fingerprint density at radius 3 is 2.69 bits per heavy atom. The summed E-state index contributed by atoms with van der Waals surface area (Å²) in [5.41, 5.74) is 3.37. The summed E-state index contributed by atoms with van der Waals surface area (Å²) in [7, 11) is 0. The number of hydrogen-bond acceptors (Lipinski definition) is 2. The number of carboxylic acids is 1. The van der Waals surface area contributed by atoms with Crippen molar-refractivity contribution < 1.29 is 14.6 Å². The van der Waals surface area contributed by atoms with Crippen molar-refractivity contribution in [2.75, 3.05) is 6.61 Å². The summed E-state index contributed by atoms with van der Waals surface area (Å²) in [6.07, 6.45) is -0.318. The Kier molecular flexibility index (Phi) is 4.50. The van der Waals surface area contributed by atoms with Gasteiger partial charge in [0.05, 0.1) is 0 Å². The van der Waals surface area contributed by atoms with Gasteiger partial charge in [0, 0.05) is 13.0 Å². The third-order valence-corrected chi connectivity index (χ3v) is 2.77. The normalized spacial score (nSPS) is 12.4. The van der Waals surface area contributed by atoms with Gasteiger partial charge in [-0.15, -0.1) is 0 Å². The van der Waals surface area contributed by atoms with Gasteiger partial charge in [-0.2, -0.15) is 0 Å². The molecule has 1 N–H and O–H groups in total. The first kappa shape index (κ1) is 12.7. The summed E-state index contributed by atoms with van der Waals surface area (Å²) in [5.74, 6) is -0.900.